The minimum atomic E-state index is -0.258. The number of amides is 2. The number of nitrogens with zero attached hydrogens (tertiary/aromatic N) is 1. The van der Waals surface area contributed by atoms with E-state index in [0.717, 1.165) is 11.3 Å². The van der Waals surface area contributed by atoms with Crippen molar-refractivity contribution in [3.05, 3.63) is 74.7 Å². The van der Waals surface area contributed by atoms with Crippen molar-refractivity contribution < 1.29 is 9.59 Å². The Morgan fingerprint density at radius 2 is 1.82 bits per heavy atom. The quantitative estimate of drug-likeness (QED) is 0.532. The molecule has 0 aliphatic heterocycles. The van der Waals surface area contributed by atoms with E-state index in [-0.39, 0.29) is 18.2 Å². The molecule has 2 N–H and O–H groups in total. The molecule has 28 heavy (non-hydrogen) atoms. The molecule has 8 heteroatoms. The van der Waals surface area contributed by atoms with E-state index in [1.54, 1.807) is 30.3 Å². The number of anilines is 2. The van der Waals surface area contributed by atoms with Crippen molar-refractivity contribution in [2.24, 2.45) is 0 Å². The molecule has 0 fully saturated rings. The second kappa shape index (κ2) is 9.19. The fourth-order valence-corrected chi connectivity index (χ4v) is 3.43. The van der Waals surface area contributed by atoms with Gasteiger partial charge >= 0.3 is 0 Å². The lowest BCUT2D eigenvalue weighted by atomic mass is 10.2. The molecule has 0 saturated heterocycles. The average Bonchev–Trinajstić information content (AvgIpc) is 3.11. The summed E-state index contributed by atoms with van der Waals surface area (Å²) >= 11 is 13.2. The van der Waals surface area contributed by atoms with Gasteiger partial charge in [0.2, 0.25) is 5.91 Å². The Morgan fingerprint density at radius 3 is 2.54 bits per heavy atom. The third-order valence-corrected chi connectivity index (χ3v) is 5.41. The number of benzene rings is 2. The zero-order valence-electron chi connectivity index (χ0n) is 15.0. The van der Waals surface area contributed by atoms with Gasteiger partial charge in [0.25, 0.3) is 5.91 Å². The largest absolute Gasteiger partial charge is 0.326 e. The van der Waals surface area contributed by atoms with Gasteiger partial charge in [0.15, 0.2) is 5.13 Å². The van der Waals surface area contributed by atoms with Crippen LogP contribution in [0.1, 0.15) is 28.0 Å². The second-order valence-corrected chi connectivity index (χ2v) is 7.82. The number of rotatable bonds is 6. The molecule has 0 spiro atoms. The summed E-state index contributed by atoms with van der Waals surface area (Å²) in [6.07, 6.45) is 0.749. The van der Waals surface area contributed by atoms with Gasteiger partial charge in [-0.15, -0.1) is 11.3 Å². The van der Waals surface area contributed by atoms with Crippen LogP contribution in [0.5, 0.6) is 0 Å². The van der Waals surface area contributed by atoms with E-state index >= 15 is 0 Å². The molecule has 0 aliphatic carbocycles. The molecule has 2 amide bonds. The number of hydrogen-bond acceptors (Lipinski definition) is 4. The summed E-state index contributed by atoms with van der Waals surface area (Å²) in [6.45, 7) is 1.90. The Labute approximate surface area is 176 Å². The molecule has 144 valence electrons. The van der Waals surface area contributed by atoms with E-state index in [0.29, 0.717) is 32.8 Å². The molecule has 3 aromatic rings. The number of halogens is 2. The lowest BCUT2D eigenvalue weighted by molar-refractivity contribution is -0.116. The number of aryl methyl sites for hydroxylation is 2. The summed E-state index contributed by atoms with van der Waals surface area (Å²) < 4.78 is 0. The highest BCUT2D eigenvalue weighted by molar-refractivity contribution is 7.14. The number of carbonyl (C=O) groups excluding carboxylic acids is 2. The van der Waals surface area contributed by atoms with E-state index in [2.05, 4.69) is 15.6 Å². The first-order valence-corrected chi connectivity index (χ1v) is 10.1. The monoisotopic (exact) mass is 433 g/mol. The van der Waals surface area contributed by atoms with E-state index in [4.69, 9.17) is 23.2 Å². The van der Waals surface area contributed by atoms with Gasteiger partial charge in [0.05, 0.1) is 5.69 Å². The summed E-state index contributed by atoms with van der Waals surface area (Å²) in [6, 6.07) is 12.0. The van der Waals surface area contributed by atoms with Gasteiger partial charge in [0.1, 0.15) is 0 Å². The van der Waals surface area contributed by atoms with Crippen LogP contribution in [0, 0.1) is 6.92 Å². The molecular formula is C20H17Cl2N3O2S. The van der Waals surface area contributed by atoms with Gasteiger partial charge in [0, 0.05) is 33.1 Å². The van der Waals surface area contributed by atoms with Crippen molar-refractivity contribution in [3.8, 4) is 0 Å². The summed E-state index contributed by atoms with van der Waals surface area (Å²) in [5.74, 6) is -0.383. The molecule has 0 atom stereocenters. The van der Waals surface area contributed by atoms with E-state index in [1.165, 1.54) is 11.3 Å². The molecular weight excluding hydrogens is 417 g/mol. The van der Waals surface area contributed by atoms with Crippen molar-refractivity contribution in [1.82, 2.24) is 4.98 Å². The Bertz CT molecular complexity index is 1000. The van der Waals surface area contributed by atoms with Crippen LogP contribution in [0.4, 0.5) is 10.8 Å². The lowest BCUT2D eigenvalue weighted by Gasteiger charge is -2.06. The van der Waals surface area contributed by atoms with Gasteiger partial charge in [-0.1, -0.05) is 29.3 Å². The van der Waals surface area contributed by atoms with Crippen LogP contribution in [0.2, 0.25) is 10.0 Å². The molecule has 2 aromatic carbocycles. The van der Waals surface area contributed by atoms with Crippen molar-refractivity contribution >= 4 is 57.2 Å². The predicted molar refractivity (Wildman–Crippen MR) is 115 cm³/mol. The maximum absolute atomic E-state index is 12.2. The fourth-order valence-electron chi connectivity index (χ4n) is 2.39. The number of aromatic nitrogens is 1. The Kier molecular flexibility index (Phi) is 6.67. The number of thiazole rings is 1. The highest BCUT2D eigenvalue weighted by atomic mass is 35.5. The fraction of sp³-hybridized carbons (Fsp3) is 0.150. The SMILES string of the molecule is Cc1ccc(NC(=O)CCc2csc(NC(=O)c3ccc(Cl)cc3)n2)cc1Cl. The Hall–Kier alpha value is -2.41. The minimum Gasteiger partial charge on any atom is -0.326 e. The van der Waals surface area contributed by atoms with Gasteiger partial charge in [-0.2, -0.15) is 0 Å². The molecule has 0 bridgehead atoms. The summed E-state index contributed by atoms with van der Waals surface area (Å²) in [5.41, 5.74) is 2.86. The van der Waals surface area contributed by atoms with Crippen LogP contribution in [0.15, 0.2) is 47.8 Å². The maximum Gasteiger partial charge on any atom is 0.257 e. The molecule has 0 unspecified atom stereocenters. The van der Waals surface area contributed by atoms with Crippen LogP contribution in [0.25, 0.3) is 0 Å². The third kappa shape index (κ3) is 5.55. The maximum atomic E-state index is 12.2. The molecule has 0 radical (unpaired) electrons. The summed E-state index contributed by atoms with van der Waals surface area (Å²) in [4.78, 5) is 28.7. The minimum absolute atomic E-state index is 0.125. The van der Waals surface area contributed by atoms with Crippen LogP contribution < -0.4 is 10.6 Å². The number of carbonyl (C=O) groups is 2. The Balaban J connectivity index is 1.51. The molecule has 0 aliphatic rings. The second-order valence-electron chi connectivity index (χ2n) is 6.12. The number of hydrogen-bond donors (Lipinski definition) is 2. The van der Waals surface area contributed by atoms with Crippen molar-refractivity contribution in [3.63, 3.8) is 0 Å². The smallest absolute Gasteiger partial charge is 0.257 e. The topological polar surface area (TPSA) is 71.1 Å². The average molecular weight is 434 g/mol. The lowest BCUT2D eigenvalue weighted by Crippen LogP contribution is -2.13. The van der Waals surface area contributed by atoms with Crippen molar-refractivity contribution in [1.29, 1.82) is 0 Å². The molecule has 3 rings (SSSR count). The van der Waals surface area contributed by atoms with Crippen molar-refractivity contribution in [2.75, 3.05) is 10.6 Å². The Morgan fingerprint density at radius 1 is 1.07 bits per heavy atom. The van der Waals surface area contributed by atoms with Gasteiger partial charge in [-0.05, 0) is 55.3 Å². The third-order valence-electron chi connectivity index (χ3n) is 3.94. The van der Waals surface area contributed by atoms with E-state index in [9.17, 15) is 9.59 Å². The van der Waals surface area contributed by atoms with Gasteiger partial charge < -0.3 is 5.32 Å². The molecule has 0 saturated carbocycles. The highest BCUT2D eigenvalue weighted by Gasteiger charge is 2.11. The van der Waals surface area contributed by atoms with Crippen LogP contribution in [-0.2, 0) is 11.2 Å². The molecule has 1 aromatic heterocycles. The van der Waals surface area contributed by atoms with E-state index < -0.39 is 0 Å². The first-order valence-electron chi connectivity index (χ1n) is 8.48. The van der Waals surface area contributed by atoms with Crippen LogP contribution >= 0.6 is 34.5 Å². The number of nitrogens with one attached hydrogen (secondary N) is 2. The van der Waals surface area contributed by atoms with Gasteiger partial charge in [-0.3, -0.25) is 14.9 Å². The molecule has 5 nitrogen and oxygen atoms in total. The van der Waals surface area contributed by atoms with Gasteiger partial charge in [-0.25, -0.2) is 4.98 Å². The first kappa shape index (κ1) is 20.3. The first-order chi connectivity index (χ1) is 13.4. The molecule has 1 heterocycles. The zero-order chi connectivity index (χ0) is 20.1. The zero-order valence-corrected chi connectivity index (χ0v) is 17.3. The highest BCUT2D eigenvalue weighted by Crippen LogP contribution is 2.21. The summed E-state index contributed by atoms with van der Waals surface area (Å²) in [5, 5.41) is 9.06. The van der Waals surface area contributed by atoms with Crippen LogP contribution in [-0.4, -0.2) is 16.8 Å². The van der Waals surface area contributed by atoms with E-state index in [1.807, 2.05) is 24.4 Å². The standard InChI is InChI=1S/C20H17Cl2N3O2S/c1-12-2-7-15(10-17(12)22)23-18(26)9-8-16-11-28-20(24-16)25-19(27)13-3-5-14(21)6-4-13/h2-7,10-11H,8-9H2,1H3,(H,23,26)(H,24,25,27). The summed E-state index contributed by atoms with van der Waals surface area (Å²) in [7, 11) is 0. The normalized spacial score (nSPS) is 10.5. The van der Waals surface area contributed by atoms with Crippen LogP contribution in [0.3, 0.4) is 0 Å². The predicted octanol–water partition coefficient (Wildman–Crippen LogP) is 5.58. The van der Waals surface area contributed by atoms with Crippen molar-refractivity contribution in [2.45, 2.75) is 19.8 Å².